The van der Waals surface area contributed by atoms with Crippen LogP contribution in [0.25, 0.3) is 0 Å². The van der Waals surface area contributed by atoms with Gasteiger partial charge in [-0.2, -0.15) is 5.10 Å². The van der Waals surface area contributed by atoms with Gasteiger partial charge in [0.15, 0.2) is 0 Å². The number of nitrogens with one attached hydrogen (secondary N) is 2. The first-order valence-corrected chi connectivity index (χ1v) is 8.15. The van der Waals surface area contributed by atoms with Gasteiger partial charge in [-0.15, -0.1) is 0 Å². The highest BCUT2D eigenvalue weighted by Gasteiger charge is 2.17. The van der Waals surface area contributed by atoms with Gasteiger partial charge in [0.05, 0.1) is 12.2 Å². The van der Waals surface area contributed by atoms with Crippen molar-refractivity contribution in [1.29, 1.82) is 0 Å². The van der Waals surface area contributed by atoms with Crippen LogP contribution in [0.15, 0.2) is 16.9 Å². The number of rotatable bonds is 7. The fourth-order valence-corrected chi connectivity index (χ4v) is 2.68. The second-order valence-corrected chi connectivity index (χ2v) is 5.83. The van der Waals surface area contributed by atoms with Gasteiger partial charge in [-0.3, -0.25) is 9.48 Å². The quantitative estimate of drug-likeness (QED) is 0.698. The Bertz CT molecular complexity index is 662. The highest BCUT2D eigenvalue weighted by atomic mass is 16.6. The van der Waals surface area contributed by atoms with Crippen LogP contribution in [0.3, 0.4) is 0 Å². The summed E-state index contributed by atoms with van der Waals surface area (Å²) in [4.78, 5) is 11.9. The highest BCUT2D eigenvalue weighted by Crippen LogP contribution is 2.21. The maximum atomic E-state index is 11.9. The number of aryl methyl sites for hydroxylation is 1. The molecule has 1 unspecified atom stereocenters. The molecule has 0 aliphatic carbocycles. The molecule has 2 aromatic rings. The van der Waals surface area contributed by atoms with Crippen LogP contribution in [0.2, 0.25) is 0 Å². The molecule has 1 amide bonds. The van der Waals surface area contributed by atoms with Crippen molar-refractivity contribution in [3.05, 3.63) is 23.7 Å². The molecule has 1 fully saturated rings. The van der Waals surface area contributed by atoms with Gasteiger partial charge in [0, 0.05) is 18.7 Å². The van der Waals surface area contributed by atoms with Gasteiger partial charge in [-0.1, -0.05) is 5.16 Å². The molecule has 1 aliphatic heterocycles. The summed E-state index contributed by atoms with van der Waals surface area (Å²) in [7, 11) is 0. The molecule has 3 heterocycles. The molecule has 9 nitrogen and oxygen atoms in total. The van der Waals surface area contributed by atoms with E-state index in [2.05, 4.69) is 30.7 Å². The number of hydrogen-bond donors (Lipinski definition) is 2. The summed E-state index contributed by atoms with van der Waals surface area (Å²) in [6.45, 7) is 4.65. The van der Waals surface area contributed by atoms with Crippen molar-refractivity contribution in [2.24, 2.45) is 0 Å². The number of aromatic nitrogens is 4. The zero-order valence-corrected chi connectivity index (χ0v) is 13.7. The fourth-order valence-electron chi connectivity index (χ4n) is 2.68. The average molecular weight is 334 g/mol. The van der Waals surface area contributed by atoms with Crippen LogP contribution in [0.1, 0.15) is 30.1 Å². The fraction of sp³-hybridized carbons (Fsp3) is 0.600. The summed E-state index contributed by atoms with van der Waals surface area (Å²) in [5.41, 5.74) is 1.63. The van der Waals surface area contributed by atoms with Gasteiger partial charge in [0.2, 0.25) is 5.91 Å². The Morgan fingerprint density at radius 1 is 1.54 bits per heavy atom. The maximum Gasteiger partial charge on any atom is 0.278 e. The highest BCUT2D eigenvalue weighted by molar-refractivity contribution is 5.75. The van der Waals surface area contributed by atoms with Crippen LogP contribution in [-0.2, 0) is 11.3 Å². The lowest BCUT2D eigenvalue weighted by Gasteiger charge is -2.20. The normalized spacial score (nSPS) is 17.6. The lowest BCUT2D eigenvalue weighted by molar-refractivity contribution is -0.121. The van der Waals surface area contributed by atoms with Crippen molar-refractivity contribution in [1.82, 2.24) is 30.7 Å². The maximum absolute atomic E-state index is 11.9. The number of hydrogen-bond acceptors (Lipinski definition) is 7. The van der Waals surface area contributed by atoms with Crippen molar-refractivity contribution in [3.63, 3.8) is 0 Å². The van der Waals surface area contributed by atoms with Crippen LogP contribution < -0.4 is 15.4 Å². The number of carbonyl (C=O) groups excluding carboxylic acids is 1. The zero-order chi connectivity index (χ0) is 16.8. The molecule has 0 spiro atoms. The van der Waals surface area contributed by atoms with Crippen molar-refractivity contribution in [3.8, 4) is 5.88 Å². The van der Waals surface area contributed by atoms with E-state index in [4.69, 9.17) is 4.74 Å². The Labute approximate surface area is 139 Å². The third-order valence-corrected chi connectivity index (χ3v) is 3.96. The molecular weight excluding hydrogens is 312 g/mol. The first-order chi connectivity index (χ1) is 11.7. The largest absolute Gasteiger partial charge is 0.472 e. The lowest BCUT2D eigenvalue weighted by Crippen LogP contribution is -2.31. The molecule has 0 radical (unpaired) electrons. The van der Waals surface area contributed by atoms with Gasteiger partial charge in [0.25, 0.3) is 5.88 Å². The molecule has 1 atom stereocenters. The molecule has 0 bridgehead atoms. The molecule has 3 rings (SSSR count). The molecular formula is C15H22N6O3. The SMILES string of the molecule is Cc1nonc1OCCNC(=O)Cn1ccc(C2CCCNC2)n1. The average Bonchev–Trinajstić information content (AvgIpc) is 3.22. The molecule has 1 aliphatic rings. The summed E-state index contributed by atoms with van der Waals surface area (Å²) < 4.78 is 11.5. The minimum Gasteiger partial charge on any atom is -0.472 e. The van der Waals surface area contributed by atoms with E-state index in [0.29, 0.717) is 30.6 Å². The molecule has 24 heavy (non-hydrogen) atoms. The van der Waals surface area contributed by atoms with E-state index in [1.165, 1.54) is 6.42 Å². The topological polar surface area (TPSA) is 107 Å². The first kappa shape index (κ1) is 16.4. The van der Waals surface area contributed by atoms with Gasteiger partial charge in [-0.25, -0.2) is 4.63 Å². The van der Waals surface area contributed by atoms with Crippen molar-refractivity contribution in [2.75, 3.05) is 26.2 Å². The predicted molar refractivity (Wildman–Crippen MR) is 84.6 cm³/mol. The Balaban J connectivity index is 1.38. The molecule has 130 valence electrons. The number of nitrogens with zero attached hydrogens (tertiary/aromatic N) is 4. The van der Waals surface area contributed by atoms with E-state index in [9.17, 15) is 4.79 Å². The monoisotopic (exact) mass is 334 g/mol. The summed E-state index contributed by atoms with van der Waals surface area (Å²) in [5, 5.41) is 17.9. The molecule has 2 aromatic heterocycles. The second kappa shape index (κ2) is 7.91. The number of piperidine rings is 1. The van der Waals surface area contributed by atoms with Crippen molar-refractivity contribution < 1.29 is 14.2 Å². The van der Waals surface area contributed by atoms with Crippen molar-refractivity contribution in [2.45, 2.75) is 32.2 Å². The van der Waals surface area contributed by atoms with Crippen LogP contribution >= 0.6 is 0 Å². The number of amides is 1. The number of carbonyl (C=O) groups is 1. The van der Waals surface area contributed by atoms with Crippen LogP contribution in [0, 0.1) is 6.92 Å². The summed E-state index contributed by atoms with van der Waals surface area (Å²) in [6.07, 6.45) is 4.16. The summed E-state index contributed by atoms with van der Waals surface area (Å²) >= 11 is 0. The minimum absolute atomic E-state index is 0.106. The predicted octanol–water partition coefficient (Wildman–Crippen LogP) is 0.237. The van der Waals surface area contributed by atoms with Crippen LogP contribution in [0.4, 0.5) is 0 Å². The lowest BCUT2D eigenvalue weighted by atomic mass is 9.97. The Hall–Kier alpha value is -2.42. The summed E-state index contributed by atoms with van der Waals surface area (Å²) in [5.74, 6) is 0.683. The molecule has 2 N–H and O–H groups in total. The molecule has 9 heteroatoms. The smallest absolute Gasteiger partial charge is 0.278 e. The van der Waals surface area contributed by atoms with E-state index in [-0.39, 0.29) is 12.5 Å². The Morgan fingerprint density at radius 2 is 2.46 bits per heavy atom. The second-order valence-electron chi connectivity index (χ2n) is 5.83. The van der Waals surface area contributed by atoms with Crippen molar-refractivity contribution >= 4 is 5.91 Å². The van der Waals surface area contributed by atoms with Gasteiger partial charge in [0.1, 0.15) is 18.8 Å². The molecule has 1 saturated heterocycles. The third kappa shape index (κ3) is 4.31. The molecule has 0 aromatic carbocycles. The minimum atomic E-state index is -0.106. The Kier molecular flexibility index (Phi) is 5.42. The standard InChI is InChI=1S/C15H22N6O3/c1-11-15(20-24-19-11)23-8-6-17-14(22)10-21-7-4-13(18-21)12-3-2-5-16-9-12/h4,7,12,16H,2-3,5-6,8-10H2,1H3,(H,17,22). The van der Waals surface area contributed by atoms with E-state index in [1.807, 2.05) is 12.3 Å². The third-order valence-electron chi connectivity index (χ3n) is 3.96. The van der Waals surface area contributed by atoms with E-state index >= 15 is 0 Å². The zero-order valence-electron chi connectivity index (χ0n) is 13.7. The number of ether oxygens (including phenoxy) is 1. The van der Waals surface area contributed by atoms with E-state index in [1.54, 1.807) is 11.6 Å². The van der Waals surface area contributed by atoms with Gasteiger partial charge >= 0.3 is 0 Å². The van der Waals surface area contributed by atoms with Crippen LogP contribution in [0.5, 0.6) is 5.88 Å². The van der Waals surface area contributed by atoms with Crippen LogP contribution in [-0.4, -0.2) is 52.2 Å². The van der Waals surface area contributed by atoms with E-state index < -0.39 is 0 Å². The van der Waals surface area contributed by atoms with E-state index in [0.717, 1.165) is 25.2 Å². The summed E-state index contributed by atoms with van der Waals surface area (Å²) in [6, 6.07) is 1.99. The van der Waals surface area contributed by atoms with Gasteiger partial charge < -0.3 is 15.4 Å². The van der Waals surface area contributed by atoms with Gasteiger partial charge in [-0.05, 0) is 37.5 Å². The molecule has 0 saturated carbocycles. The Morgan fingerprint density at radius 3 is 3.21 bits per heavy atom. The first-order valence-electron chi connectivity index (χ1n) is 8.15.